The fourth-order valence-electron chi connectivity index (χ4n) is 2.61. The van der Waals surface area contributed by atoms with E-state index in [1.54, 1.807) is 19.2 Å². The number of fused-ring (bicyclic) bond motifs is 1. The van der Waals surface area contributed by atoms with Gasteiger partial charge in [-0.15, -0.1) is 0 Å². The van der Waals surface area contributed by atoms with E-state index in [-0.39, 0.29) is 11.9 Å². The molecule has 1 unspecified atom stereocenters. The molecular formula is C19H21F2N3O3. The van der Waals surface area contributed by atoms with Crippen molar-refractivity contribution in [2.75, 3.05) is 20.2 Å². The SMILES string of the molecule is CN=C(NCc1cccc(OC(F)F)c1)NCC1COc2ccccc2O1. The summed E-state index contributed by atoms with van der Waals surface area (Å²) < 4.78 is 40.6. The highest BCUT2D eigenvalue weighted by Crippen LogP contribution is 2.30. The number of hydrogen-bond acceptors (Lipinski definition) is 4. The molecule has 0 radical (unpaired) electrons. The number of hydrogen-bond donors (Lipinski definition) is 2. The normalized spacial score (nSPS) is 16.1. The predicted octanol–water partition coefficient (Wildman–Crippen LogP) is 2.79. The largest absolute Gasteiger partial charge is 0.486 e. The Morgan fingerprint density at radius 1 is 1.19 bits per heavy atom. The van der Waals surface area contributed by atoms with Crippen molar-refractivity contribution >= 4 is 5.96 Å². The molecule has 27 heavy (non-hydrogen) atoms. The van der Waals surface area contributed by atoms with Crippen LogP contribution in [-0.2, 0) is 6.54 Å². The van der Waals surface area contributed by atoms with Gasteiger partial charge in [0.05, 0.1) is 6.54 Å². The van der Waals surface area contributed by atoms with Gasteiger partial charge in [0.25, 0.3) is 0 Å². The summed E-state index contributed by atoms with van der Waals surface area (Å²) in [7, 11) is 1.65. The van der Waals surface area contributed by atoms with Gasteiger partial charge in [0.15, 0.2) is 17.5 Å². The maximum Gasteiger partial charge on any atom is 0.387 e. The first-order valence-electron chi connectivity index (χ1n) is 8.51. The zero-order valence-corrected chi connectivity index (χ0v) is 14.8. The molecule has 3 rings (SSSR count). The summed E-state index contributed by atoms with van der Waals surface area (Å²) >= 11 is 0. The van der Waals surface area contributed by atoms with Gasteiger partial charge < -0.3 is 24.8 Å². The number of benzene rings is 2. The smallest absolute Gasteiger partial charge is 0.387 e. The summed E-state index contributed by atoms with van der Waals surface area (Å²) in [4.78, 5) is 4.15. The number of para-hydroxylation sites is 2. The van der Waals surface area contributed by atoms with Crippen molar-refractivity contribution in [1.82, 2.24) is 10.6 Å². The van der Waals surface area contributed by atoms with Crippen LogP contribution in [0.1, 0.15) is 5.56 Å². The quantitative estimate of drug-likeness (QED) is 0.599. The Kier molecular flexibility index (Phi) is 6.30. The minimum atomic E-state index is -2.84. The number of nitrogens with one attached hydrogen (secondary N) is 2. The van der Waals surface area contributed by atoms with Crippen LogP contribution in [0, 0.1) is 0 Å². The second-order valence-electron chi connectivity index (χ2n) is 5.83. The van der Waals surface area contributed by atoms with E-state index < -0.39 is 6.61 Å². The zero-order chi connectivity index (χ0) is 19.1. The average Bonchev–Trinajstić information content (AvgIpc) is 2.68. The number of nitrogens with zero attached hydrogens (tertiary/aromatic N) is 1. The number of aliphatic imine (C=N–C) groups is 1. The van der Waals surface area contributed by atoms with E-state index >= 15 is 0 Å². The Balaban J connectivity index is 1.48. The van der Waals surface area contributed by atoms with E-state index in [4.69, 9.17) is 9.47 Å². The van der Waals surface area contributed by atoms with E-state index in [0.717, 1.165) is 11.3 Å². The maximum absolute atomic E-state index is 12.3. The first kappa shape index (κ1) is 18.8. The number of ether oxygens (including phenoxy) is 3. The topological polar surface area (TPSA) is 64.1 Å². The molecule has 2 aromatic rings. The lowest BCUT2D eigenvalue weighted by Gasteiger charge is -2.27. The van der Waals surface area contributed by atoms with Crippen molar-refractivity contribution in [3.8, 4) is 17.2 Å². The van der Waals surface area contributed by atoms with Gasteiger partial charge in [-0.25, -0.2) is 0 Å². The Morgan fingerprint density at radius 2 is 2.00 bits per heavy atom. The van der Waals surface area contributed by atoms with Gasteiger partial charge in [-0.05, 0) is 29.8 Å². The van der Waals surface area contributed by atoms with Crippen molar-refractivity contribution in [2.45, 2.75) is 19.3 Å². The lowest BCUT2D eigenvalue weighted by atomic mass is 10.2. The van der Waals surface area contributed by atoms with Gasteiger partial charge >= 0.3 is 6.61 Å². The molecule has 1 heterocycles. The van der Waals surface area contributed by atoms with Gasteiger partial charge in [0, 0.05) is 13.6 Å². The van der Waals surface area contributed by atoms with Crippen molar-refractivity contribution in [3.63, 3.8) is 0 Å². The van der Waals surface area contributed by atoms with Crippen LogP contribution in [0.5, 0.6) is 17.2 Å². The van der Waals surface area contributed by atoms with Crippen LogP contribution in [0.3, 0.4) is 0 Å². The van der Waals surface area contributed by atoms with Crippen LogP contribution < -0.4 is 24.8 Å². The first-order chi connectivity index (χ1) is 13.1. The van der Waals surface area contributed by atoms with Crippen LogP contribution in [0.2, 0.25) is 0 Å². The van der Waals surface area contributed by atoms with E-state index in [9.17, 15) is 8.78 Å². The standard InChI is InChI=1S/C19H21F2N3O3/c1-22-19(23-10-13-5-4-6-14(9-13)27-18(20)21)24-11-15-12-25-16-7-2-3-8-17(16)26-15/h2-9,15,18H,10-12H2,1H3,(H2,22,23,24). The first-order valence-corrected chi connectivity index (χ1v) is 8.51. The van der Waals surface area contributed by atoms with Gasteiger partial charge in [-0.3, -0.25) is 4.99 Å². The molecule has 1 aliphatic heterocycles. The van der Waals surface area contributed by atoms with Crippen LogP contribution in [-0.4, -0.2) is 38.9 Å². The minimum absolute atomic E-state index is 0.124. The van der Waals surface area contributed by atoms with E-state index in [2.05, 4.69) is 20.4 Å². The van der Waals surface area contributed by atoms with Crippen LogP contribution in [0.15, 0.2) is 53.5 Å². The third-order valence-corrected chi connectivity index (χ3v) is 3.87. The molecule has 2 N–H and O–H groups in total. The summed E-state index contributed by atoms with van der Waals surface area (Å²) in [5, 5.41) is 6.29. The van der Waals surface area contributed by atoms with Crippen molar-refractivity contribution < 1.29 is 23.0 Å². The zero-order valence-electron chi connectivity index (χ0n) is 14.8. The minimum Gasteiger partial charge on any atom is -0.486 e. The van der Waals surface area contributed by atoms with Crippen LogP contribution in [0.4, 0.5) is 8.78 Å². The third-order valence-electron chi connectivity index (χ3n) is 3.87. The number of halogens is 2. The van der Waals surface area contributed by atoms with Gasteiger partial charge in [0.1, 0.15) is 18.5 Å². The Bertz CT molecular complexity index is 786. The number of rotatable bonds is 6. The molecule has 0 spiro atoms. The average molecular weight is 377 g/mol. The summed E-state index contributed by atoms with van der Waals surface area (Å²) in [6.07, 6.45) is -0.152. The molecule has 144 valence electrons. The molecule has 0 aromatic heterocycles. The molecule has 6 nitrogen and oxygen atoms in total. The highest BCUT2D eigenvalue weighted by molar-refractivity contribution is 5.79. The monoisotopic (exact) mass is 377 g/mol. The summed E-state index contributed by atoms with van der Waals surface area (Å²) in [5.74, 6) is 2.15. The predicted molar refractivity (Wildman–Crippen MR) is 97.6 cm³/mol. The molecule has 0 aliphatic carbocycles. The summed E-state index contributed by atoms with van der Waals surface area (Å²) in [6.45, 7) is -1.49. The lowest BCUT2D eigenvalue weighted by molar-refractivity contribution is -0.0498. The molecule has 2 aromatic carbocycles. The van der Waals surface area contributed by atoms with E-state index in [1.807, 2.05) is 30.3 Å². The Hall–Kier alpha value is -3.03. The Labute approximate surface area is 156 Å². The second-order valence-corrected chi connectivity index (χ2v) is 5.83. The van der Waals surface area contributed by atoms with Crippen molar-refractivity contribution in [3.05, 3.63) is 54.1 Å². The number of guanidine groups is 1. The molecule has 0 bridgehead atoms. The van der Waals surface area contributed by atoms with Gasteiger partial charge in [-0.1, -0.05) is 24.3 Å². The lowest BCUT2D eigenvalue weighted by Crippen LogP contribution is -2.45. The van der Waals surface area contributed by atoms with Crippen molar-refractivity contribution in [2.24, 2.45) is 4.99 Å². The molecule has 0 saturated heterocycles. The summed E-state index contributed by atoms with van der Waals surface area (Å²) in [5.41, 5.74) is 0.794. The molecule has 8 heteroatoms. The molecular weight excluding hydrogens is 356 g/mol. The maximum atomic E-state index is 12.3. The van der Waals surface area contributed by atoms with E-state index in [0.29, 0.717) is 31.4 Å². The Morgan fingerprint density at radius 3 is 2.78 bits per heavy atom. The molecule has 0 fully saturated rings. The molecule has 1 aliphatic rings. The highest BCUT2D eigenvalue weighted by atomic mass is 19.3. The third kappa shape index (κ3) is 5.47. The van der Waals surface area contributed by atoms with Gasteiger partial charge in [0.2, 0.25) is 0 Å². The molecule has 0 amide bonds. The fraction of sp³-hybridized carbons (Fsp3) is 0.316. The van der Waals surface area contributed by atoms with Gasteiger partial charge in [-0.2, -0.15) is 8.78 Å². The molecule has 0 saturated carbocycles. The fourth-order valence-corrected chi connectivity index (χ4v) is 2.61. The number of alkyl halides is 2. The second kappa shape index (κ2) is 9.07. The van der Waals surface area contributed by atoms with Crippen LogP contribution in [0.25, 0.3) is 0 Å². The molecule has 1 atom stereocenters. The summed E-state index contributed by atoms with van der Waals surface area (Å²) in [6, 6.07) is 14.0. The highest BCUT2D eigenvalue weighted by Gasteiger charge is 2.20. The van der Waals surface area contributed by atoms with E-state index in [1.165, 1.54) is 6.07 Å². The van der Waals surface area contributed by atoms with Crippen molar-refractivity contribution in [1.29, 1.82) is 0 Å². The van der Waals surface area contributed by atoms with Crippen LogP contribution >= 0.6 is 0 Å².